The summed E-state index contributed by atoms with van der Waals surface area (Å²) >= 11 is 1.61. The summed E-state index contributed by atoms with van der Waals surface area (Å²) in [4.78, 5) is 1.10. The minimum Gasteiger partial charge on any atom is -0.314 e. The van der Waals surface area contributed by atoms with Crippen LogP contribution >= 0.6 is 11.3 Å². The fourth-order valence-corrected chi connectivity index (χ4v) is 4.63. The number of hydrogen-bond donors (Lipinski definition) is 1. The van der Waals surface area contributed by atoms with Crippen molar-refractivity contribution in [3.63, 3.8) is 0 Å². The molecule has 1 N–H and O–H groups in total. The highest BCUT2D eigenvalue weighted by Gasteiger charge is 2.25. The quantitative estimate of drug-likeness (QED) is 0.712. The van der Waals surface area contributed by atoms with Gasteiger partial charge >= 0.3 is 0 Å². The average molecular weight is 316 g/mol. The molecule has 0 unspecified atom stereocenters. The van der Waals surface area contributed by atoms with Crippen LogP contribution in [0.4, 0.5) is 0 Å². The van der Waals surface area contributed by atoms with E-state index in [0.29, 0.717) is 19.0 Å². The minimum atomic E-state index is -3.18. The van der Waals surface area contributed by atoms with Crippen LogP contribution in [-0.2, 0) is 16.6 Å². The van der Waals surface area contributed by atoms with Crippen molar-refractivity contribution in [2.75, 3.05) is 12.3 Å². The maximum atomic E-state index is 12.5. The highest BCUT2D eigenvalue weighted by molar-refractivity contribution is 7.89. The lowest BCUT2D eigenvalue weighted by Gasteiger charge is -2.25. The van der Waals surface area contributed by atoms with Crippen LogP contribution in [0.3, 0.4) is 0 Å². The molecule has 114 valence electrons. The van der Waals surface area contributed by atoms with Crippen LogP contribution in [0.15, 0.2) is 17.5 Å². The first-order valence-electron chi connectivity index (χ1n) is 7.24. The van der Waals surface area contributed by atoms with Gasteiger partial charge in [-0.2, -0.15) is 4.31 Å². The molecule has 4 nitrogen and oxygen atoms in total. The van der Waals surface area contributed by atoms with E-state index < -0.39 is 10.0 Å². The van der Waals surface area contributed by atoms with Gasteiger partial charge in [-0.15, -0.1) is 11.3 Å². The van der Waals surface area contributed by atoms with E-state index in [0.717, 1.165) is 11.4 Å². The van der Waals surface area contributed by atoms with Gasteiger partial charge in [0, 0.05) is 23.5 Å². The molecule has 1 saturated carbocycles. The molecule has 0 radical (unpaired) electrons. The Hall–Kier alpha value is -0.430. The second kappa shape index (κ2) is 7.02. The Balaban J connectivity index is 1.87. The third-order valence-corrected chi connectivity index (χ3v) is 6.35. The maximum Gasteiger partial charge on any atom is 0.214 e. The number of nitrogens with zero attached hydrogens (tertiary/aromatic N) is 1. The largest absolute Gasteiger partial charge is 0.314 e. The number of hydrogen-bond acceptors (Lipinski definition) is 4. The van der Waals surface area contributed by atoms with Gasteiger partial charge in [-0.05, 0) is 51.1 Å². The lowest BCUT2D eigenvalue weighted by Crippen LogP contribution is -2.38. The molecule has 0 saturated heterocycles. The lowest BCUT2D eigenvalue weighted by molar-refractivity contribution is 0.350. The first-order valence-corrected chi connectivity index (χ1v) is 9.73. The first kappa shape index (κ1) is 15.9. The normalized spacial score (nSPS) is 16.2. The summed E-state index contributed by atoms with van der Waals surface area (Å²) < 4.78 is 26.5. The van der Waals surface area contributed by atoms with Crippen LogP contribution in [0, 0.1) is 0 Å². The van der Waals surface area contributed by atoms with Crippen LogP contribution in [0.1, 0.15) is 38.0 Å². The second-order valence-corrected chi connectivity index (χ2v) is 8.69. The molecule has 0 spiro atoms. The summed E-state index contributed by atoms with van der Waals surface area (Å²) in [6, 6.07) is 4.60. The fraction of sp³-hybridized carbons (Fsp3) is 0.714. The van der Waals surface area contributed by atoms with E-state index in [2.05, 4.69) is 5.32 Å². The van der Waals surface area contributed by atoms with E-state index >= 15 is 0 Å². The van der Waals surface area contributed by atoms with E-state index in [-0.39, 0.29) is 11.8 Å². The van der Waals surface area contributed by atoms with E-state index in [4.69, 9.17) is 0 Å². The van der Waals surface area contributed by atoms with E-state index in [9.17, 15) is 8.42 Å². The number of thiophene rings is 1. The van der Waals surface area contributed by atoms with Crippen molar-refractivity contribution < 1.29 is 8.42 Å². The fourth-order valence-electron chi connectivity index (χ4n) is 2.12. The predicted molar refractivity (Wildman–Crippen MR) is 84.4 cm³/mol. The standard InChI is InChI=1S/C14H24N2O2S2/c1-12(2)16(11-14-5-3-9-19-14)20(17,18)10-4-8-15-13-6-7-13/h3,5,9,12-13,15H,4,6-8,10-11H2,1-2H3. The van der Waals surface area contributed by atoms with Gasteiger partial charge in [-0.1, -0.05) is 6.07 Å². The number of nitrogens with one attached hydrogen (secondary N) is 1. The van der Waals surface area contributed by atoms with Gasteiger partial charge in [-0.25, -0.2) is 8.42 Å². The summed E-state index contributed by atoms with van der Waals surface area (Å²) in [5.41, 5.74) is 0. The van der Waals surface area contributed by atoms with Crippen LogP contribution in [0.25, 0.3) is 0 Å². The van der Waals surface area contributed by atoms with Crippen LogP contribution in [-0.4, -0.2) is 37.1 Å². The summed E-state index contributed by atoms with van der Waals surface area (Å²) in [6.07, 6.45) is 3.17. The Morgan fingerprint density at radius 1 is 1.45 bits per heavy atom. The molecular weight excluding hydrogens is 292 g/mol. The summed E-state index contributed by atoms with van der Waals surface area (Å²) in [7, 11) is -3.18. The van der Waals surface area contributed by atoms with E-state index in [1.807, 2.05) is 31.4 Å². The van der Waals surface area contributed by atoms with Gasteiger partial charge in [-0.3, -0.25) is 0 Å². The minimum absolute atomic E-state index is 0.00140. The smallest absolute Gasteiger partial charge is 0.214 e. The van der Waals surface area contributed by atoms with Crippen molar-refractivity contribution in [2.24, 2.45) is 0 Å². The van der Waals surface area contributed by atoms with Gasteiger partial charge in [0.1, 0.15) is 0 Å². The van der Waals surface area contributed by atoms with E-state index in [1.165, 1.54) is 12.8 Å². The zero-order valence-corrected chi connectivity index (χ0v) is 13.8. The second-order valence-electron chi connectivity index (χ2n) is 5.62. The third kappa shape index (κ3) is 4.84. The molecule has 1 aliphatic carbocycles. The van der Waals surface area contributed by atoms with Gasteiger partial charge < -0.3 is 5.32 Å². The van der Waals surface area contributed by atoms with Crippen LogP contribution in [0.2, 0.25) is 0 Å². The van der Waals surface area contributed by atoms with Crippen LogP contribution < -0.4 is 5.32 Å². The molecule has 0 amide bonds. The Kier molecular flexibility index (Phi) is 5.60. The maximum absolute atomic E-state index is 12.5. The average Bonchev–Trinajstić information content (AvgIpc) is 3.05. The van der Waals surface area contributed by atoms with Crippen LogP contribution in [0.5, 0.6) is 0 Å². The van der Waals surface area contributed by atoms with Crippen molar-refractivity contribution in [1.29, 1.82) is 0 Å². The molecule has 1 aromatic heterocycles. The van der Waals surface area contributed by atoms with Gasteiger partial charge in [0.05, 0.1) is 5.75 Å². The molecule has 20 heavy (non-hydrogen) atoms. The Bertz CT molecular complexity index is 493. The summed E-state index contributed by atoms with van der Waals surface area (Å²) in [6.45, 7) is 5.17. The Morgan fingerprint density at radius 3 is 2.75 bits per heavy atom. The van der Waals surface area contributed by atoms with Crippen molar-refractivity contribution >= 4 is 21.4 Å². The van der Waals surface area contributed by atoms with Gasteiger partial charge in [0.15, 0.2) is 0 Å². The SMILES string of the molecule is CC(C)N(Cc1cccs1)S(=O)(=O)CCCNC1CC1. The molecule has 2 rings (SSSR count). The Morgan fingerprint density at radius 2 is 2.20 bits per heavy atom. The highest BCUT2D eigenvalue weighted by Crippen LogP contribution is 2.19. The highest BCUT2D eigenvalue weighted by atomic mass is 32.2. The molecule has 0 atom stereocenters. The third-order valence-electron chi connectivity index (χ3n) is 3.41. The molecule has 0 bridgehead atoms. The Labute approximate surface area is 126 Å². The molecule has 1 heterocycles. The topological polar surface area (TPSA) is 49.4 Å². The first-order chi connectivity index (χ1) is 9.49. The number of rotatable bonds is 9. The van der Waals surface area contributed by atoms with Gasteiger partial charge in [0.25, 0.3) is 0 Å². The monoisotopic (exact) mass is 316 g/mol. The van der Waals surface area contributed by atoms with Crippen molar-refractivity contribution in [1.82, 2.24) is 9.62 Å². The number of sulfonamides is 1. The van der Waals surface area contributed by atoms with Crippen molar-refractivity contribution in [3.05, 3.63) is 22.4 Å². The zero-order chi connectivity index (χ0) is 14.6. The van der Waals surface area contributed by atoms with Crippen molar-refractivity contribution in [2.45, 2.75) is 51.7 Å². The van der Waals surface area contributed by atoms with Crippen molar-refractivity contribution in [3.8, 4) is 0 Å². The zero-order valence-electron chi connectivity index (χ0n) is 12.2. The molecule has 1 fully saturated rings. The summed E-state index contributed by atoms with van der Waals surface area (Å²) in [5, 5.41) is 5.35. The van der Waals surface area contributed by atoms with Gasteiger partial charge in [0.2, 0.25) is 10.0 Å². The molecule has 0 aliphatic heterocycles. The summed E-state index contributed by atoms with van der Waals surface area (Å²) in [5.74, 6) is 0.232. The lowest BCUT2D eigenvalue weighted by atomic mass is 10.4. The molecule has 1 aromatic rings. The molecule has 1 aliphatic rings. The van der Waals surface area contributed by atoms with E-state index in [1.54, 1.807) is 15.6 Å². The molecular formula is C14H24N2O2S2. The molecule has 6 heteroatoms. The predicted octanol–water partition coefficient (Wildman–Crippen LogP) is 2.43. The molecule has 0 aromatic carbocycles.